The van der Waals surface area contributed by atoms with Crippen molar-refractivity contribution < 1.29 is 19.4 Å². The molecule has 0 aromatic carbocycles. The molecule has 0 fully saturated rings. The lowest BCUT2D eigenvalue weighted by molar-refractivity contribution is -0.208. The largest absolute Gasteiger partial charge is 0.452 e. The molecule has 1 unspecified atom stereocenters. The average Bonchev–Trinajstić information content (AvgIpc) is 1.97. The van der Waals surface area contributed by atoms with Crippen molar-refractivity contribution in [1.82, 2.24) is 0 Å². The van der Waals surface area contributed by atoms with Gasteiger partial charge in [-0.2, -0.15) is 0 Å². The molecule has 1 amide bonds. The van der Waals surface area contributed by atoms with E-state index in [1.807, 2.05) is 0 Å². The number of amides is 1. The predicted molar refractivity (Wildman–Crippen MR) is 53.3 cm³/mol. The summed E-state index contributed by atoms with van der Waals surface area (Å²) in [5, 5.41) is 16.0. The Bertz CT molecular complexity index is 236. The topological polar surface area (TPSA) is 80.5 Å². The van der Waals surface area contributed by atoms with Crippen LogP contribution in [0.25, 0.3) is 0 Å². The molecule has 1 N–H and O–H groups in total. The smallest absolute Gasteiger partial charge is 0.444 e. The highest BCUT2D eigenvalue weighted by Gasteiger charge is 2.22. The number of hydrogen-bond donors (Lipinski definition) is 1. The van der Waals surface area contributed by atoms with E-state index >= 15 is 0 Å². The van der Waals surface area contributed by atoms with Crippen LogP contribution in [0.3, 0.4) is 0 Å². The standard InChI is InChI=1S/C9H18N2O4/c1-6(2)14-8(12)10-11-9(5,13)15-7(3)4/h6-7,13H,1-5H3. The van der Waals surface area contributed by atoms with Crippen molar-refractivity contribution in [2.24, 2.45) is 10.2 Å². The molecule has 6 heteroatoms. The Hall–Kier alpha value is -1.01. The van der Waals surface area contributed by atoms with Crippen LogP contribution in [0.2, 0.25) is 0 Å². The van der Waals surface area contributed by atoms with E-state index in [9.17, 15) is 9.90 Å². The molecule has 0 aromatic heterocycles. The van der Waals surface area contributed by atoms with E-state index in [-0.39, 0.29) is 12.2 Å². The van der Waals surface area contributed by atoms with E-state index in [2.05, 4.69) is 15.0 Å². The van der Waals surface area contributed by atoms with Gasteiger partial charge < -0.3 is 14.6 Å². The summed E-state index contributed by atoms with van der Waals surface area (Å²) in [6, 6.07) is 0. The van der Waals surface area contributed by atoms with Gasteiger partial charge >= 0.3 is 6.09 Å². The van der Waals surface area contributed by atoms with Crippen molar-refractivity contribution in [1.29, 1.82) is 0 Å². The number of rotatable bonds is 4. The normalized spacial score (nSPS) is 16.0. The van der Waals surface area contributed by atoms with Crippen LogP contribution >= 0.6 is 0 Å². The Labute approximate surface area is 89.3 Å². The second-order valence-corrected chi connectivity index (χ2v) is 3.73. The van der Waals surface area contributed by atoms with Crippen LogP contribution < -0.4 is 0 Å². The number of hydrogen-bond acceptors (Lipinski definition) is 5. The third kappa shape index (κ3) is 8.02. The summed E-state index contributed by atoms with van der Waals surface area (Å²) in [5.74, 6) is -1.80. The molecule has 0 heterocycles. The molecule has 0 aromatic rings. The molecule has 0 radical (unpaired) electrons. The third-order valence-corrected chi connectivity index (χ3v) is 1.11. The highest BCUT2D eigenvalue weighted by Crippen LogP contribution is 2.11. The van der Waals surface area contributed by atoms with Crippen LogP contribution in [0, 0.1) is 0 Å². The Balaban J connectivity index is 4.19. The molecule has 0 aliphatic rings. The van der Waals surface area contributed by atoms with E-state index < -0.39 is 12.0 Å². The van der Waals surface area contributed by atoms with E-state index in [0.29, 0.717) is 0 Å². The van der Waals surface area contributed by atoms with Crippen LogP contribution in [0.4, 0.5) is 4.79 Å². The first-order chi connectivity index (χ1) is 6.73. The van der Waals surface area contributed by atoms with Gasteiger partial charge in [-0.25, -0.2) is 4.79 Å². The number of azo groups is 1. The van der Waals surface area contributed by atoms with Gasteiger partial charge in [-0.3, -0.25) is 0 Å². The molecular weight excluding hydrogens is 200 g/mol. The molecule has 0 saturated carbocycles. The Kier molecular flexibility index (Phi) is 5.38. The fourth-order valence-electron chi connectivity index (χ4n) is 0.829. The highest BCUT2D eigenvalue weighted by atomic mass is 16.6. The molecule has 15 heavy (non-hydrogen) atoms. The summed E-state index contributed by atoms with van der Waals surface area (Å²) in [6.07, 6.45) is -1.34. The maximum atomic E-state index is 10.9. The molecule has 88 valence electrons. The lowest BCUT2D eigenvalue weighted by Crippen LogP contribution is -2.28. The van der Waals surface area contributed by atoms with Gasteiger partial charge in [0.25, 0.3) is 5.91 Å². The van der Waals surface area contributed by atoms with Crippen LogP contribution in [0.1, 0.15) is 34.6 Å². The number of nitrogens with zero attached hydrogens (tertiary/aromatic N) is 2. The quantitative estimate of drug-likeness (QED) is 0.578. The Morgan fingerprint density at radius 2 is 1.80 bits per heavy atom. The Morgan fingerprint density at radius 1 is 1.27 bits per heavy atom. The van der Waals surface area contributed by atoms with Crippen molar-refractivity contribution in [2.75, 3.05) is 0 Å². The van der Waals surface area contributed by atoms with Crippen molar-refractivity contribution in [3.63, 3.8) is 0 Å². The maximum Gasteiger partial charge on any atom is 0.452 e. The zero-order chi connectivity index (χ0) is 12.1. The zero-order valence-electron chi connectivity index (χ0n) is 9.72. The van der Waals surface area contributed by atoms with E-state index in [1.54, 1.807) is 27.7 Å². The van der Waals surface area contributed by atoms with Crippen LogP contribution in [0.5, 0.6) is 0 Å². The minimum Gasteiger partial charge on any atom is -0.444 e. The number of ether oxygens (including phenoxy) is 2. The summed E-state index contributed by atoms with van der Waals surface area (Å²) in [6.45, 7) is 8.14. The molecule has 6 nitrogen and oxygen atoms in total. The van der Waals surface area contributed by atoms with Crippen LogP contribution in [-0.4, -0.2) is 29.3 Å². The van der Waals surface area contributed by atoms with Gasteiger partial charge in [-0.05, 0) is 27.7 Å². The van der Waals surface area contributed by atoms with Gasteiger partial charge in [0.05, 0.1) is 12.2 Å². The lowest BCUT2D eigenvalue weighted by Gasteiger charge is -2.19. The number of carbonyl (C=O) groups excluding carboxylic acids is 1. The molecule has 0 bridgehead atoms. The SMILES string of the molecule is CC(C)OC(=O)N=NC(C)(O)OC(C)C. The molecule has 0 rings (SSSR count). The second kappa shape index (κ2) is 5.77. The van der Waals surface area contributed by atoms with Crippen molar-refractivity contribution in [2.45, 2.75) is 52.7 Å². The fraction of sp³-hybridized carbons (Fsp3) is 0.889. The average molecular weight is 218 g/mol. The molecule has 0 spiro atoms. The van der Waals surface area contributed by atoms with Crippen molar-refractivity contribution in [3.05, 3.63) is 0 Å². The third-order valence-electron chi connectivity index (χ3n) is 1.11. The lowest BCUT2D eigenvalue weighted by atomic mass is 10.4. The summed E-state index contributed by atoms with van der Waals surface area (Å²) in [4.78, 5) is 10.9. The summed E-state index contributed by atoms with van der Waals surface area (Å²) < 4.78 is 9.66. The first kappa shape index (κ1) is 14.0. The summed E-state index contributed by atoms with van der Waals surface area (Å²) >= 11 is 0. The summed E-state index contributed by atoms with van der Waals surface area (Å²) in [5.41, 5.74) is 0. The molecular formula is C9H18N2O4. The predicted octanol–water partition coefficient (Wildman–Crippen LogP) is 2.07. The summed E-state index contributed by atoms with van der Waals surface area (Å²) in [7, 11) is 0. The minimum atomic E-state index is -1.80. The second-order valence-electron chi connectivity index (χ2n) is 3.73. The first-order valence-corrected chi connectivity index (χ1v) is 4.76. The van der Waals surface area contributed by atoms with Gasteiger partial charge in [-0.15, -0.1) is 5.11 Å². The van der Waals surface area contributed by atoms with Gasteiger partial charge in [0.1, 0.15) is 0 Å². The molecule has 0 aliphatic carbocycles. The zero-order valence-corrected chi connectivity index (χ0v) is 9.72. The monoisotopic (exact) mass is 218 g/mol. The Morgan fingerprint density at radius 3 is 2.20 bits per heavy atom. The molecule has 0 aliphatic heterocycles. The number of carbonyl (C=O) groups is 1. The van der Waals surface area contributed by atoms with Crippen molar-refractivity contribution >= 4 is 6.09 Å². The van der Waals surface area contributed by atoms with E-state index in [0.717, 1.165) is 0 Å². The van der Waals surface area contributed by atoms with Gasteiger partial charge in [0.2, 0.25) is 0 Å². The van der Waals surface area contributed by atoms with Gasteiger partial charge in [-0.1, -0.05) is 5.11 Å². The molecule has 0 saturated heterocycles. The highest BCUT2D eigenvalue weighted by molar-refractivity contribution is 5.67. The van der Waals surface area contributed by atoms with Gasteiger partial charge in [0, 0.05) is 6.92 Å². The fourth-order valence-corrected chi connectivity index (χ4v) is 0.829. The number of aliphatic hydroxyl groups is 1. The van der Waals surface area contributed by atoms with E-state index in [4.69, 9.17) is 4.74 Å². The van der Waals surface area contributed by atoms with E-state index in [1.165, 1.54) is 6.92 Å². The van der Waals surface area contributed by atoms with Crippen molar-refractivity contribution in [3.8, 4) is 0 Å². The van der Waals surface area contributed by atoms with Crippen LogP contribution in [0.15, 0.2) is 10.2 Å². The first-order valence-electron chi connectivity index (χ1n) is 4.76. The molecule has 1 atom stereocenters. The maximum absolute atomic E-state index is 10.9. The van der Waals surface area contributed by atoms with Crippen LogP contribution in [-0.2, 0) is 9.47 Å². The minimum absolute atomic E-state index is 0.222. The van der Waals surface area contributed by atoms with Gasteiger partial charge in [0.15, 0.2) is 0 Å².